The van der Waals surface area contributed by atoms with E-state index in [0.29, 0.717) is 16.7 Å². The van der Waals surface area contributed by atoms with Crippen LogP contribution in [0.5, 0.6) is 11.6 Å². The molecule has 1 aliphatic carbocycles. The minimum absolute atomic E-state index is 0.594. The summed E-state index contributed by atoms with van der Waals surface area (Å²) in [5.41, 5.74) is 1.17. The fraction of sp³-hybridized carbons (Fsp3) is 0.450. The maximum absolute atomic E-state index is 5.99. The molecule has 1 saturated heterocycles. The van der Waals surface area contributed by atoms with Gasteiger partial charge in [-0.25, -0.2) is 4.98 Å². The van der Waals surface area contributed by atoms with Crippen molar-refractivity contribution >= 4 is 17.3 Å². The Bertz CT molecular complexity index is 702. The molecule has 2 aromatic rings. The molecule has 1 aromatic heterocycles. The zero-order valence-electron chi connectivity index (χ0n) is 14.4. The van der Waals surface area contributed by atoms with Crippen LogP contribution in [0.15, 0.2) is 42.6 Å². The van der Waals surface area contributed by atoms with E-state index in [9.17, 15) is 0 Å². The standard InChI is InChI=1S/C20H24ClN3O/c21-16-4-1-7-19(14-16)25-20-9-8-18(15-22-20)24-11-3-10-23(12-13-24)17-5-2-6-17/h1,4,7-9,14-15,17H,2-3,5-6,10-13H2. The molecule has 2 heterocycles. The van der Waals surface area contributed by atoms with Crippen molar-refractivity contribution in [2.45, 2.75) is 31.7 Å². The maximum atomic E-state index is 5.99. The number of ether oxygens (including phenoxy) is 1. The molecule has 2 fully saturated rings. The maximum Gasteiger partial charge on any atom is 0.219 e. The fourth-order valence-corrected chi connectivity index (χ4v) is 3.76. The first-order valence-corrected chi connectivity index (χ1v) is 9.54. The lowest BCUT2D eigenvalue weighted by atomic mass is 9.91. The van der Waals surface area contributed by atoms with E-state index < -0.39 is 0 Å². The molecule has 0 amide bonds. The van der Waals surface area contributed by atoms with Crippen LogP contribution in [0.1, 0.15) is 25.7 Å². The van der Waals surface area contributed by atoms with Crippen LogP contribution in [-0.4, -0.2) is 42.1 Å². The second-order valence-corrected chi connectivity index (χ2v) is 7.31. The Morgan fingerprint density at radius 1 is 1.00 bits per heavy atom. The van der Waals surface area contributed by atoms with Gasteiger partial charge in [0, 0.05) is 43.3 Å². The summed E-state index contributed by atoms with van der Waals surface area (Å²) >= 11 is 5.99. The molecule has 25 heavy (non-hydrogen) atoms. The van der Waals surface area contributed by atoms with Crippen molar-refractivity contribution in [1.29, 1.82) is 0 Å². The van der Waals surface area contributed by atoms with Crippen LogP contribution < -0.4 is 9.64 Å². The lowest BCUT2D eigenvalue weighted by Gasteiger charge is -2.36. The van der Waals surface area contributed by atoms with Gasteiger partial charge < -0.3 is 9.64 Å². The van der Waals surface area contributed by atoms with Crippen LogP contribution in [0.3, 0.4) is 0 Å². The molecule has 1 saturated carbocycles. The Balaban J connectivity index is 1.38. The van der Waals surface area contributed by atoms with Crippen LogP contribution in [0.2, 0.25) is 5.02 Å². The summed E-state index contributed by atoms with van der Waals surface area (Å²) in [6, 6.07) is 12.3. The lowest BCUT2D eigenvalue weighted by Crippen LogP contribution is -2.42. The van der Waals surface area contributed by atoms with Crippen LogP contribution >= 0.6 is 11.6 Å². The van der Waals surface area contributed by atoms with E-state index in [0.717, 1.165) is 25.7 Å². The highest BCUT2D eigenvalue weighted by atomic mass is 35.5. The van der Waals surface area contributed by atoms with Crippen molar-refractivity contribution in [2.24, 2.45) is 0 Å². The van der Waals surface area contributed by atoms with E-state index >= 15 is 0 Å². The van der Waals surface area contributed by atoms with Gasteiger partial charge in [-0.3, -0.25) is 4.90 Å². The Labute approximate surface area is 154 Å². The average Bonchev–Trinajstić information content (AvgIpc) is 2.80. The first-order valence-electron chi connectivity index (χ1n) is 9.16. The third-order valence-electron chi connectivity index (χ3n) is 5.23. The van der Waals surface area contributed by atoms with Crippen LogP contribution in [0.4, 0.5) is 5.69 Å². The zero-order chi connectivity index (χ0) is 17.1. The highest BCUT2D eigenvalue weighted by Gasteiger charge is 2.26. The summed E-state index contributed by atoms with van der Waals surface area (Å²) in [7, 11) is 0. The van der Waals surface area contributed by atoms with Gasteiger partial charge in [-0.1, -0.05) is 24.1 Å². The molecule has 0 bridgehead atoms. The second-order valence-electron chi connectivity index (χ2n) is 6.88. The van der Waals surface area contributed by atoms with Crippen molar-refractivity contribution in [3.8, 4) is 11.6 Å². The van der Waals surface area contributed by atoms with Gasteiger partial charge >= 0.3 is 0 Å². The van der Waals surface area contributed by atoms with Crippen LogP contribution in [-0.2, 0) is 0 Å². The van der Waals surface area contributed by atoms with Gasteiger partial charge in [-0.05, 0) is 43.5 Å². The molecule has 5 heteroatoms. The molecule has 4 rings (SSSR count). The van der Waals surface area contributed by atoms with Gasteiger partial charge in [0.25, 0.3) is 0 Å². The van der Waals surface area contributed by atoms with Gasteiger partial charge in [0.2, 0.25) is 5.88 Å². The summed E-state index contributed by atoms with van der Waals surface area (Å²) < 4.78 is 5.77. The van der Waals surface area contributed by atoms with Gasteiger partial charge in [-0.15, -0.1) is 0 Å². The smallest absolute Gasteiger partial charge is 0.219 e. The van der Waals surface area contributed by atoms with Crippen molar-refractivity contribution in [2.75, 3.05) is 31.1 Å². The fourth-order valence-electron chi connectivity index (χ4n) is 3.58. The number of hydrogen-bond donors (Lipinski definition) is 0. The molecule has 0 N–H and O–H groups in total. The number of pyridine rings is 1. The minimum Gasteiger partial charge on any atom is -0.439 e. The zero-order valence-corrected chi connectivity index (χ0v) is 15.2. The number of aromatic nitrogens is 1. The molecule has 0 atom stereocenters. The molecule has 4 nitrogen and oxygen atoms in total. The van der Waals surface area contributed by atoms with Gasteiger partial charge in [0.05, 0.1) is 11.9 Å². The van der Waals surface area contributed by atoms with Gasteiger partial charge in [0.1, 0.15) is 5.75 Å². The third kappa shape index (κ3) is 4.07. The Morgan fingerprint density at radius 2 is 1.92 bits per heavy atom. The molecule has 1 aliphatic heterocycles. The summed E-state index contributed by atoms with van der Waals surface area (Å²) in [5.74, 6) is 1.30. The van der Waals surface area contributed by atoms with Crippen molar-refractivity contribution < 1.29 is 4.74 Å². The number of anilines is 1. The lowest BCUT2D eigenvalue weighted by molar-refractivity contribution is 0.136. The molecule has 0 spiro atoms. The predicted octanol–water partition coefficient (Wildman–Crippen LogP) is 4.59. The Hall–Kier alpha value is -1.78. The monoisotopic (exact) mass is 357 g/mol. The van der Waals surface area contributed by atoms with Crippen molar-refractivity contribution in [1.82, 2.24) is 9.88 Å². The molecular weight excluding hydrogens is 334 g/mol. The number of hydrogen-bond acceptors (Lipinski definition) is 4. The first-order chi connectivity index (χ1) is 12.3. The quantitative estimate of drug-likeness (QED) is 0.800. The summed E-state index contributed by atoms with van der Waals surface area (Å²) in [5, 5.41) is 0.662. The third-order valence-corrected chi connectivity index (χ3v) is 5.46. The number of benzene rings is 1. The van der Waals surface area contributed by atoms with E-state index in [1.165, 1.54) is 37.9 Å². The van der Waals surface area contributed by atoms with Crippen LogP contribution in [0.25, 0.3) is 0 Å². The molecule has 2 aliphatic rings. The predicted molar refractivity (Wildman–Crippen MR) is 102 cm³/mol. The largest absolute Gasteiger partial charge is 0.439 e. The topological polar surface area (TPSA) is 28.6 Å². The van der Waals surface area contributed by atoms with E-state index in [2.05, 4.69) is 20.9 Å². The molecule has 0 radical (unpaired) electrons. The van der Waals surface area contributed by atoms with Gasteiger partial charge in [0.15, 0.2) is 0 Å². The highest BCUT2D eigenvalue weighted by molar-refractivity contribution is 6.30. The van der Waals surface area contributed by atoms with E-state index in [4.69, 9.17) is 16.3 Å². The van der Waals surface area contributed by atoms with Crippen molar-refractivity contribution in [3.63, 3.8) is 0 Å². The molecule has 1 aromatic carbocycles. The van der Waals surface area contributed by atoms with Crippen LogP contribution in [0, 0.1) is 0 Å². The summed E-state index contributed by atoms with van der Waals surface area (Å²) in [6.45, 7) is 4.56. The molecule has 0 unspecified atom stereocenters. The average molecular weight is 358 g/mol. The summed E-state index contributed by atoms with van der Waals surface area (Å²) in [6.07, 6.45) is 7.31. The van der Waals surface area contributed by atoms with Crippen molar-refractivity contribution in [3.05, 3.63) is 47.6 Å². The van der Waals surface area contributed by atoms with E-state index in [1.807, 2.05) is 30.5 Å². The number of nitrogens with zero attached hydrogens (tertiary/aromatic N) is 3. The molecular formula is C20H24ClN3O. The molecule has 132 valence electrons. The van der Waals surface area contributed by atoms with Gasteiger partial charge in [-0.2, -0.15) is 0 Å². The summed E-state index contributed by atoms with van der Waals surface area (Å²) in [4.78, 5) is 9.58. The van der Waals surface area contributed by atoms with E-state index in [1.54, 1.807) is 6.07 Å². The first kappa shape index (κ1) is 16.7. The normalized spacial score (nSPS) is 19.3. The van der Waals surface area contributed by atoms with E-state index in [-0.39, 0.29) is 0 Å². The minimum atomic E-state index is 0.594. The number of halogens is 1. The Morgan fingerprint density at radius 3 is 2.64 bits per heavy atom. The number of rotatable bonds is 4. The highest BCUT2D eigenvalue weighted by Crippen LogP contribution is 2.27. The SMILES string of the molecule is Clc1cccc(Oc2ccc(N3CCCN(C4CCC4)CC3)cn2)c1. The second kappa shape index (κ2) is 7.63. The Kier molecular flexibility index (Phi) is 5.09.